The molecule has 0 aromatic carbocycles. The quantitative estimate of drug-likeness (QED) is 0.518. The van der Waals surface area contributed by atoms with E-state index in [2.05, 4.69) is 5.48 Å². The molecule has 0 aliphatic carbocycles. The lowest BCUT2D eigenvalue weighted by atomic mass is 9.96. The number of hydroxylamine groups is 1. The van der Waals surface area contributed by atoms with Crippen molar-refractivity contribution in [3.05, 3.63) is 12.3 Å². The summed E-state index contributed by atoms with van der Waals surface area (Å²) >= 11 is 0. The van der Waals surface area contributed by atoms with E-state index in [1.54, 1.807) is 6.08 Å². The van der Waals surface area contributed by atoms with Crippen molar-refractivity contribution in [1.82, 2.24) is 10.4 Å². The van der Waals surface area contributed by atoms with Gasteiger partial charge in [0, 0.05) is 26.4 Å². The molecule has 0 bridgehead atoms. The van der Waals surface area contributed by atoms with Crippen LogP contribution in [0.5, 0.6) is 0 Å². The molecule has 6 nitrogen and oxygen atoms in total. The second-order valence-electron chi connectivity index (χ2n) is 3.61. The standard InChI is InChI=1S/C11H18N2O4/c1-4-13(5-2)10(15)11(8-14,16-3)9-6-7-12-17-9/h6-9,12H,4-5H2,1-3H3. The molecule has 1 rings (SSSR count). The second-order valence-corrected chi connectivity index (χ2v) is 3.61. The van der Waals surface area contributed by atoms with Crippen molar-refractivity contribution in [2.45, 2.75) is 25.6 Å². The van der Waals surface area contributed by atoms with Crippen molar-refractivity contribution < 1.29 is 19.2 Å². The van der Waals surface area contributed by atoms with Crippen molar-refractivity contribution in [1.29, 1.82) is 0 Å². The maximum atomic E-state index is 12.3. The molecule has 1 N–H and O–H groups in total. The SMILES string of the molecule is CCN(CC)C(=O)C(C=O)(OC)C1C=CNO1. The highest BCUT2D eigenvalue weighted by Crippen LogP contribution is 2.22. The van der Waals surface area contributed by atoms with E-state index in [4.69, 9.17) is 9.57 Å². The lowest BCUT2D eigenvalue weighted by Gasteiger charge is -2.33. The average Bonchev–Trinajstić information content (AvgIpc) is 2.87. The Balaban J connectivity index is 3.01. The summed E-state index contributed by atoms with van der Waals surface area (Å²) in [4.78, 5) is 30.2. The van der Waals surface area contributed by atoms with Gasteiger partial charge in [-0.2, -0.15) is 0 Å². The van der Waals surface area contributed by atoms with Gasteiger partial charge < -0.3 is 9.64 Å². The molecule has 1 aliphatic rings. The molecule has 0 aromatic heterocycles. The largest absolute Gasteiger partial charge is 0.359 e. The highest BCUT2D eigenvalue weighted by atomic mass is 16.7. The Hall–Kier alpha value is -1.40. The minimum absolute atomic E-state index is 0.390. The fourth-order valence-corrected chi connectivity index (χ4v) is 1.76. The fourth-order valence-electron chi connectivity index (χ4n) is 1.76. The number of nitrogens with zero attached hydrogens (tertiary/aromatic N) is 1. The minimum Gasteiger partial charge on any atom is -0.359 e. The first kappa shape index (κ1) is 13.7. The highest BCUT2D eigenvalue weighted by Gasteiger charge is 2.49. The van der Waals surface area contributed by atoms with Crippen LogP contribution in [0, 0.1) is 0 Å². The number of ether oxygens (including phenoxy) is 1. The van der Waals surface area contributed by atoms with E-state index in [1.807, 2.05) is 13.8 Å². The number of methoxy groups -OCH3 is 1. The van der Waals surface area contributed by atoms with Gasteiger partial charge in [-0.05, 0) is 19.9 Å². The first-order valence-corrected chi connectivity index (χ1v) is 5.54. The second kappa shape index (κ2) is 5.79. The number of rotatable bonds is 6. The van der Waals surface area contributed by atoms with Crippen molar-refractivity contribution in [3.63, 3.8) is 0 Å². The summed E-state index contributed by atoms with van der Waals surface area (Å²) in [5.41, 5.74) is 0.867. The molecule has 0 aromatic rings. The molecule has 1 aliphatic heterocycles. The van der Waals surface area contributed by atoms with Crippen LogP contribution in [0.2, 0.25) is 0 Å². The summed E-state index contributed by atoms with van der Waals surface area (Å²) in [6.07, 6.45) is 2.85. The molecule has 96 valence electrons. The normalized spacial score (nSPS) is 21.7. The molecule has 2 atom stereocenters. The molecule has 6 heteroatoms. The predicted octanol–water partition coefficient (Wildman–Crippen LogP) is -0.144. The highest BCUT2D eigenvalue weighted by molar-refractivity contribution is 6.01. The molecule has 0 fully saturated rings. The topological polar surface area (TPSA) is 67.9 Å². The van der Waals surface area contributed by atoms with E-state index >= 15 is 0 Å². The molecule has 0 saturated carbocycles. The molecular formula is C11H18N2O4. The van der Waals surface area contributed by atoms with Gasteiger partial charge in [0.1, 0.15) is 0 Å². The Kier molecular flexibility index (Phi) is 4.65. The average molecular weight is 242 g/mol. The predicted molar refractivity (Wildman–Crippen MR) is 60.9 cm³/mol. The maximum Gasteiger partial charge on any atom is 0.265 e. The van der Waals surface area contributed by atoms with Crippen molar-refractivity contribution in [2.75, 3.05) is 20.2 Å². The van der Waals surface area contributed by atoms with E-state index in [-0.39, 0.29) is 0 Å². The van der Waals surface area contributed by atoms with Crippen molar-refractivity contribution >= 4 is 12.2 Å². The number of hydrogen-bond donors (Lipinski definition) is 1. The van der Waals surface area contributed by atoms with Crippen molar-refractivity contribution in [2.24, 2.45) is 0 Å². The molecule has 2 unspecified atom stereocenters. The van der Waals surface area contributed by atoms with Gasteiger partial charge in [0.05, 0.1) is 0 Å². The fraction of sp³-hybridized carbons (Fsp3) is 0.636. The molecule has 1 amide bonds. The van der Waals surface area contributed by atoms with Crippen LogP contribution in [0.25, 0.3) is 0 Å². The Labute approximate surface area is 101 Å². The van der Waals surface area contributed by atoms with E-state index < -0.39 is 17.6 Å². The third-order valence-corrected chi connectivity index (χ3v) is 2.85. The molecule has 1 heterocycles. The summed E-state index contributed by atoms with van der Waals surface area (Å²) in [7, 11) is 1.32. The third-order valence-electron chi connectivity index (χ3n) is 2.85. The Morgan fingerprint density at radius 3 is 2.59 bits per heavy atom. The van der Waals surface area contributed by atoms with Gasteiger partial charge in [-0.15, -0.1) is 0 Å². The van der Waals surface area contributed by atoms with Crippen LogP contribution in [-0.2, 0) is 19.2 Å². The molecule has 0 saturated heterocycles. The molecule has 0 spiro atoms. The number of amides is 1. The van der Waals surface area contributed by atoms with Gasteiger partial charge in [0.2, 0.25) is 5.60 Å². The number of aldehydes is 1. The summed E-state index contributed by atoms with van der Waals surface area (Å²) in [5.74, 6) is -0.390. The monoisotopic (exact) mass is 242 g/mol. The Bertz CT molecular complexity index is 315. The lowest BCUT2D eigenvalue weighted by molar-refractivity contribution is -0.173. The third kappa shape index (κ3) is 2.32. The number of nitrogens with one attached hydrogen (secondary N) is 1. The summed E-state index contributed by atoms with van der Waals surface area (Å²) in [5, 5.41) is 0. The van der Waals surface area contributed by atoms with Gasteiger partial charge in [-0.1, -0.05) is 0 Å². The van der Waals surface area contributed by atoms with Crippen LogP contribution in [0.3, 0.4) is 0 Å². The summed E-state index contributed by atoms with van der Waals surface area (Å²) in [6, 6.07) is 0. The zero-order chi connectivity index (χ0) is 12.9. The molecular weight excluding hydrogens is 224 g/mol. The van der Waals surface area contributed by atoms with E-state index in [0.717, 1.165) is 0 Å². The molecule has 17 heavy (non-hydrogen) atoms. The summed E-state index contributed by atoms with van der Waals surface area (Å²) < 4.78 is 5.14. The number of carbonyl (C=O) groups is 2. The maximum absolute atomic E-state index is 12.3. The van der Waals surface area contributed by atoms with Crippen LogP contribution in [0.4, 0.5) is 0 Å². The van der Waals surface area contributed by atoms with Crippen LogP contribution in [0.15, 0.2) is 12.3 Å². The van der Waals surface area contributed by atoms with Crippen LogP contribution in [0.1, 0.15) is 13.8 Å². The van der Waals surface area contributed by atoms with Crippen LogP contribution < -0.4 is 5.48 Å². The smallest absolute Gasteiger partial charge is 0.265 e. The van der Waals surface area contributed by atoms with E-state index in [9.17, 15) is 9.59 Å². The zero-order valence-corrected chi connectivity index (χ0v) is 10.3. The first-order valence-electron chi connectivity index (χ1n) is 5.54. The number of hydrogen-bond acceptors (Lipinski definition) is 5. The van der Waals surface area contributed by atoms with Crippen LogP contribution in [-0.4, -0.2) is 49.0 Å². The van der Waals surface area contributed by atoms with Gasteiger partial charge in [-0.3, -0.25) is 19.9 Å². The molecule has 0 radical (unpaired) electrons. The lowest BCUT2D eigenvalue weighted by Crippen LogP contribution is -2.58. The number of carbonyl (C=O) groups excluding carboxylic acids is 2. The Morgan fingerprint density at radius 2 is 2.24 bits per heavy atom. The van der Waals surface area contributed by atoms with Gasteiger partial charge in [0.15, 0.2) is 12.4 Å². The number of likely N-dealkylation sites (N-methyl/N-ethyl adjacent to an activating group) is 1. The minimum atomic E-state index is -1.62. The van der Waals surface area contributed by atoms with E-state index in [0.29, 0.717) is 19.4 Å². The van der Waals surface area contributed by atoms with Gasteiger partial charge in [0.25, 0.3) is 5.91 Å². The van der Waals surface area contributed by atoms with Crippen LogP contribution >= 0.6 is 0 Å². The Morgan fingerprint density at radius 1 is 1.59 bits per heavy atom. The zero-order valence-electron chi connectivity index (χ0n) is 10.3. The van der Waals surface area contributed by atoms with E-state index in [1.165, 1.54) is 18.2 Å². The van der Waals surface area contributed by atoms with Crippen molar-refractivity contribution in [3.8, 4) is 0 Å². The van der Waals surface area contributed by atoms with Gasteiger partial charge >= 0.3 is 0 Å². The first-order chi connectivity index (χ1) is 8.16. The summed E-state index contributed by atoms with van der Waals surface area (Å²) in [6.45, 7) is 4.71. The van der Waals surface area contributed by atoms with Gasteiger partial charge in [-0.25, -0.2) is 0 Å².